The van der Waals surface area contributed by atoms with Gasteiger partial charge in [-0.15, -0.1) is 0 Å². The lowest BCUT2D eigenvalue weighted by Crippen LogP contribution is -2.32. The molecule has 1 fully saturated rings. The van der Waals surface area contributed by atoms with Crippen molar-refractivity contribution in [2.24, 2.45) is 5.92 Å². The average molecular weight is 294 g/mol. The van der Waals surface area contributed by atoms with Gasteiger partial charge in [-0.3, -0.25) is 4.79 Å². The SMILES string of the molecule is CCCCCOc1ccc(C2OCC(C(=O)O)CO2)cc1. The smallest absolute Gasteiger partial charge is 0.311 e. The minimum atomic E-state index is -0.885. The van der Waals surface area contributed by atoms with E-state index in [4.69, 9.17) is 19.3 Å². The van der Waals surface area contributed by atoms with Crippen molar-refractivity contribution >= 4 is 5.97 Å². The van der Waals surface area contributed by atoms with E-state index in [1.54, 1.807) is 0 Å². The largest absolute Gasteiger partial charge is 0.494 e. The molecular weight excluding hydrogens is 272 g/mol. The van der Waals surface area contributed by atoms with Crippen LogP contribution in [0, 0.1) is 5.92 Å². The monoisotopic (exact) mass is 294 g/mol. The van der Waals surface area contributed by atoms with Gasteiger partial charge in [0.1, 0.15) is 11.7 Å². The van der Waals surface area contributed by atoms with Crippen molar-refractivity contribution in [2.45, 2.75) is 32.5 Å². The zero-order valence-electron chi connectivity index (χ0n) is 12.3. The Morgan fingerprint density at radius 3 is 2.48 bits per heavy atom. The highest BCUT2D eigenvalue weighted by molar-refractivity contribution is 5.70. The second-order valence-electron chi connectivity index (χ2n) is 5.16. The molecule has 1 aromatic carbocycles. The van der Waals surface area contributed by atoms with Crippen LogP contribution in [-0.2, 0) is 14.3 Å². The molecule has 1 aliphatic rings. The van der Waals surface area contributed by atoms with Crippen LogP contribution >= 0.6 is 0 Å². The summed E-state index contributed by atoms with van der Waals surface area (Å²) in [5.41, 5.74) is 0.875. The maximum Gasteiger partial charge on any atom is 0.311 e. The van der Waals surface area contributed by atoms with Gasteiger partial charge in [0, 0.05) is 5.56 Å². The number of carbonyl (C=O) groups is 1. The number of carboxylic acid groups (broad SMARTS) is 1. The van der Waals surface area contributed by atoms with Gasteiger partial charge in [0.15, 0.2) is 6.29 Å². The normalized spacial score (nSPS) is 22.0. The van der Waals surface area contributed by atoms with Crippen LogP contribution in [0.2, 0.25) is 0 Å². The van der Waals surface area contributed by atoms with Crippen molar-refractivity contribution in [3.8, 4) is 5.75 Å². The zero-order chi connectivity index (χ0) is 15.1. The topological polar surface area (TPSA) is 65.0 Å². The fourth-order valence-electron chi connectivity index (χ4n) is 2.10. The van der Waals surface area contributed by atoms with E-state index in [-0.39, 0.29) is 13.2 Å². The number of carboxylic acids is 1. The summed E-state index contributed by atoms with van der Waals surface area (Å²) in [7, 11) is 0. The van der Waals surface area contributed by atoms with Gasteiger partial charge in [-0.2, -0.15) is 0 Å². The highest BCUT2D eigenvalue weighted by Gasteiger charge is 2.28. The average Bonchev–Trinajstić information content (AvgIpc) is 2.52. The van der Waals surface area contributed by atoms with Crippen molar-refractivity contribution in [2.75, 3.05) is 19.8 Å². The quantitative estimate of drug-likeness (QED) is 0.783. The molecule has 1 N–H and O–H groups in total. The van der Waals surface area contributed by atoms with Crippen LogP contribution in [0.1, 0.15) is 38.0 Å². The van der Waals surface area contributed by atoms with Gasteiger partial charge < -0.3 is 19.3 Å². The summed E-state index contributed by atoms with van der Waals surface area (Å²) in [6, 6.07) is 7.55. The first kappa shape index (κ1) is 15.8. The van der Waals surface area contributed by atoms with Crippen LogP contribution in [0.5, 0.6) is 5.75 Å². The summed E-state index contributed by atoms with van der Waals surface area (Å²) in [5, 5.41) is 8.88. The standard InChI is InChI=1S/C16H22O5/c1-2-3-4-9-19-14-7-5-12(6-8-14)16-20-10-13(11-21-16)15(17)18/h5-8,13,16H,2-4,9-11H2,1H3,(H,17,18). The van der Waals surface area contributed by atoms with Crippen LogP contribution < -0.4 is 4.74 Å². The molecule has 0 atom stereocenters. The fourth-order valence-corrected chi connectivity index (χ4v) is 2.10. The van der Waals surface area contributed by atoms with Crippen LogP contribution in [0.15, 0.2) is 24.3 Å². The summed E-state index contributed by atoms with van der Waals surface area (Å²) in [4.78, 5) is 10.8. The van der Waals surface area contributed by atoms with Gasteiger partial charge in [-0.25, -0.2) is 0 Å². The summed E-state index contributed by atoms with van der Waals surface area (Å²) in [5.74, 6) is -0.638. The van der Waals surface area contributed by atoms with E-state index in [1.165, 1.54) is 12.8 Å². The van der Waals surface area contributed by atoms with E-state index in [9.17, 15) is 4.79 Å². The second-order valence-corrected chi connectivity index (χ2v) is 5.16. The number of rotatable bonds is 7. The van der Waals surface area contributed by atoms with Gasteiger partial charge in [-0.1, -0.05) is 31.9 Å². The first-order valence-corrected chi connectivity index (χ1v) is 7.39. The fraction of sp³-hybridized carbons (Fsp3) is 0.562. The summed E-state index contributed by atoms with van der Waals surface area (Å²) < 4.78 is 16.5. The molecule has 21 heavy (non-hydrogen) atoms. The molecule has 5 nitrogen and oxygen atoms in total. The Labute approximate surface area is 124 Å². The summed E-state index contributed by atoms with van der Waals surface area (Å²) in [6.45, 7) is 3.24. The lowest BCUT2D eigenvalue weighted by atomic mass is 10.1. The number of hydrogen-bond acceptors (Lipinski definition) is 4. The Balaban J connectivity index is 1.81. The molecule has 1 aromatic rings. The molecule has 5 heteroatoms. The number of unbranched alkanes of at least 4 members (excludes halogenated alkanes) is 2. The molecule has 0 spiro atoms. The first-order valence-electron chi connectivity index (χ1n) is 7.39. The van der Waals surface area contributed by atoms with Gasteiger partial charge in [0.2, 0.25) is 0 Å². The van der Waals surface area contributed by atoms with Gasteiger partial charge in [-0.05, 0) is 18.6 Å². The number of aliphatic carboxylic acids is 1. The van der Waals surface area contributed by atoms with Gasteiger partial charge >= 0.3 is 5.97 Å². The molecule has 0 bridgehead atoms. The molecule has 0 aromatic heterocycles. The van der Waals surface area contributed by atoms with Crippen molar-refractivity contribution < 1.29 is 24.1 Å². The number of benzene rings is 1. The Morgan fingerprint density at radius 1 is 1.24 bits per heavy atom. The summed E-state index contributed by atoms with van der Waals surface area (Å²) >= 11 is 0. The van der Waals surface area contributed by atoms with Crippen LogP contribution in [-0.4, -0.2) is 30.9 Å². The van der Waals surface area contributed by atoms with Gasteiger partial charge in [0.25, 0.3) is 0 Å². The minimum Gasteiger partial charge on any atom is -0.494 e. The molecule has 1 aliphatic heterocycles. The molecule has 1 saturated heterocycles. The van der Waals surface area contributed by atoms with E-state index < -0.39 is 18.2 Å². The molecule has 0 saturated carbocycles. The molecule has 116 valence electrons. The highest BCUT2D eigenvalue weighted by atomic mass is 16.7. The van der Waals surface area contributed by atoms with Crippen molar-refractivity contribution in [1.29, 1.82) is 0 Å². The second kappa shape index (κ2) is 8.00. The predicted octanol–water partition coefficient (Wildman–Crippen LogP) is 3.00. The van der Waals surface area contributed by atoms with Crippen LogP contribution in [0.4, 0.5) is 0 Å². The van der Waals surface area contributed by atoms with Crippen molar-refractivity contribution in [1.82, 2.24) is 0 Å². The van der Waals surface area contributed by atoms with E-state index in [0.29, 0.717) is 0 Å². The third-order valence-corrected chi connectivity index (χ3v) is 3.42. The highest BCUT2D eigenvalue weighted by Crippen LogP contribution is 2.26. The lowest BCUT2D eigenvalue weighted by molar-refractivity contribution is -0.211. The lowest BCUT2D eigenvalue weighted by Gasteiger charge is -2.27. The predicted molar refractivity (Wildman–Crippen MR) is 77.2 cm³/mol. The number of ether oxygens (including phenoxy) is 3. The Hall–Kier alpha value is -1.59. The van der Waals surface area contributed by atoms with E-state index in [0.717, 1.165) is 24.3 Å². The number of hydrogen-bond donors (Lipinski definition) is 1. The maximum atomic E-state index is 10.8. The summed E-state index contributed by atoms with van der Waals surface area (Å²) in [6.07, 6.45) is 2.92. The molecule has 0 amide bonds. The van der Waals surface area contributed by atoms with E-state index >= 15 is 0 Å². The minimum absolute atomic E-state index is 0.176. The van der Waals surface area contributed by atoms with E-state index in [2.05, 4.69) is 6.92 Å². The molecule has 1 heterocycles. The van der Waals surface area contributed by atoms with Crippen LogP contribution in [0.3, 0.4) is 0 Å². The van der Waals surface area contributed by atoms with Crippen molar-refractivity contribution in [3.05, 3.63) is 29.8 Å². The molecule has 0 unspecified atom stereocenters. The third-order valence-electron chi connectivity index (χ3n) is 3.42. The first-order chi connectivity index (χ1) is 10.2. The molecule has 2 rings (SSSR count). The van der Waals surface area contributed by atoms with Gasteiger partial charge in [0.05, 0.1) is 19.8 Å². The molecule has 0 aliphatic carbocycles. The Bertz CT molecular complexity index is 434. The molecular formula is C16H22O5. The Kier molecular flexibility index (Phi) is 6.02. The zero-order valence-corrected chi connectivity index (χ0v) is 12.3. The maximum absolute atomic E-state index is 10.8. The Morgan fingerprint density at radius 2 is 1.90 bits per heavy atom. The molecule has 0 radical (unpaired) electrons. The van der Waals surface area contributed by atoms with E-state index in [1.807, 2.05) is 24.3 Å². The van der Waals surface area contributed by atoms with Crippen molar-refractivity contribution in [3.63, 3.8) is 0 Å². The van der Waals surface area contributed by atoms with Crippen LogP contribution in [0.25, 0.3) is 0 Å². The third kappa shape index (κ3) is 4.72.